The van der Waals surface area contributed by atoms with Crippen LogP contribution in [0.2, 0.25) is 10.0 Å². The van der Waals surface area contributed by atoms with Crippen molar-refractivity contribution in [3.63, 3.8) is 0 Å². The van der Waals surface area contributed by atoms with Crippen molar-refractivity contribution >= 4 is 159 Å². The molecule has 0 aliphatic carbocycles. The molecule has 0 spiro atoms. The smallest absolute Gasteiger partial charge is 0.373 e. The van der Waals surface area contributed by atoms with Crippen molar-refractivity contribution < 1.29 is 138 Å². The van der Waals surface area contributed by atoms with E-state index >= 15 is 0 Å². The van der Waals surface area contributed by atoms with Gasteiger partial charge in [0.05, 0.1) is 50.7 Å². The zero-order valence-electron chi connectivity index (χ0n) is 78.1. The second-order valence-corrected chi connectivity index (χ2v) is 32.7. The van der Waals surface area contributed by atoms with Crippen LogP contribution in [0.15, 0.2) is 206 Å². The van der Waals surface area contributed by atoms with E-state index in [2.05, 4.69) is 111 Å². The second kappa shape index (κ2) is 66.4. The first-order valence-electron chi connectivity index (χ1n) is 40.8. The number of carbonyl (C=O) groups is 7. The number of ether oxygens (including phenoxy) is 6. The van der Waals surface area contributed by atoms with Gasteiger partial charge in [0.25, 0.3) is 35.4 Å². The van der Waals surface area contributed by atoms with Crippen molar-refractivity contribution in [3.8, 4) is 51.7 Å². The number of aryl methyl sites for hydroxylation is 5. The first-order chi connectivity index (χ1) is 67.0. The van der Waals surface area contributed by atoms with Crippen molar-refractivity contribution in [2.24, 2.45) is 0 Å². The topological polar surface area (TPSA) is 558 Å². The monoisotopic (exact) mass is 2240 g/mol. The minimum absolute atomic E-state index is 0.0527. The van der Waals surface area contributed by atoms with Crippen LogP contribution in [0, 0.1) is 34.6 Å². The standard InChI is InChI=1S/C18H20ClNO3.C16H17BrN2O5.C15H17BrN2O3.2C14H15BrN2O3.C13H11ClN2O2.5CO2/c1-10(2)13-8-12(5-6-16(13)21)23-17-7-11(3)14(9-15(17)19)18(22)20-4;1-3-19(8-15(20)21)16(22)11-4-5-14(13(17)7-11)23-9-12-6-10(2)18-24-12;1-9(2)17-15(19)11-4-5-14(13(16)7-11)20-8-12-6-10(3)18-21-12;1-9-6-11(20-16-9)8-19-13-5-4-10(7-12(13)15)14(18)17(2)3;1-3-16-14(18)10-4-5-13(12(15)7-10)19-8-11-6-9(2)17-20-11;1-15-13(17)9-2-3-12(11(14)8-9)18-10-4-6-16-7-5-10;5*2-1-3/h5-10,21H,1-4H3,(H,20,22);4-7H,3,8-9H2,1-2H3,(H,20,21);4-7,9H,8H2,1-3H3,(H,17,19);4-7H,8H2,1-3H3;4-7H,3,8H2,1-2H3,(H,16,18);2-8H,1H3,(H,15,17);;;;;. The van der Waals surface area contributed by atoms with Gasteiger partial charge in [-0.05, 0) is 271 Å². The molecule has 0 aliphatic heterocycles. The number of pyridine rings is 1. The third kappa shape index (κ3) is 45.3. The molecule has 0 saturated heterocycles. The molecule has 46 heteroatoms. The number of halogens is 6. The Hall–Kier alpha value is -15.2. The van der Waals surface area contributed by atoms with E-state index < -0.39 is 5.97 Å². The van der Waals surface area contributed by atoms with Gasteiger partial charge in [-0.1, -0.05) is 57.7 Å². The van der Waals surface area contributed by atoms with Gasteiger partial charge < -0.3 is 87.8 Å². The van der Waals surface area contributed by atoms with E-state index in [1.807, 2.05) is 87.4 Å². The minimum atomic E-state index is -1.05. The summed E-state index contributed by atoms with van der Waals surface area (Å²) in [6.45, 7) is 22.3. The summed E-state index contributed by atoms with van der Waals surface area (Å²) < 4.78 is 56.9. The molecule has 0 unspecified atom stereocenters. The van der Waals surface area contributed by atoms with Crippen LogP contribution in [0.1, 0.15) is 167 Å². The number of nitrogens with one attached hydrogen (secondary N) is 4. The van der Waals surface area contributed by atoms with E-state index in [1.165, 1.54) is 9.80 Å². The second-order valence-electron chi connectivity index (χ2n) is 28.5. The zero-order valence-corrected chi connectivity index (χ0v) is 85.9. The number of carbonyl (C=O) groups excluding carboxylic acids is 16. The fourth-order valence-electron chi connectivity index (χ4n) is 10.8. The molecule has 7 aromatic carbocycles. The molecule has 5 aromatic heterocycles. The molecule has 141 heavy (non-hydrogen) atoms. The summed E-state index contributed by atoms with van der Waals surface area (Å²) in [5.41, 5.74) is 7.94. The lowest BCUT2D eigenvalue weighted by Crippen LogP contribution is -2.35. The van der Waals surface area contributed by atoms with Crippen LogP contribution in [0.4, 0.5) is 0 Å². The van der Waals surface area contributed by atoms with Gasteiger partial charge in [-0.2, -0.15) is 47.9 Å². The maximum absolute atomic E-state index is 12.3. The molecule has 746 valence electrons. The van der Waals surface area contributed by atoms with Gasteiger partial charge in [-0.15, -0.1) is 0 Å². The summed E-state index contributed by atoms with van der Waals surface area (Å²) in [7, 11) is 6.57. The zero-order chi connectivity index (χ0) is 106. The SMILES string of the molecule is CCN(CC(=O)O)C(=O)c1ccc(OCc2cc(C)no2)c(Br)c1.CCNC(=O)c1ccc(OCc2cc(C)no2)c(Br)c1.CNC(=O)c1cc(Cl)c(Oc2ccc(O)c(C(C)C)c2)cc1C.CNC(=O)c1ccc(Oc2ccncc2)c(Cl)c1.Cc1cc(COc2ccc(C(=O)N(C)C)cc2Br)on1.Cc1cc(COc2ccc(C(=O)NC(C)C)cc2Br)on1.O=C=O.O=C=O.O=C=O.O=C=O.O=C=O. The normalized spacial score (nSPS) is 9.61. The fourth-order valence-corrected chi connectivity index (χ4v) is 13.2. The Morgan fingerprint density at radius 3 is 1.12 bits per heavy atom. The Kier molecular flexibility index (Phi) is 57.4. The van der Waals surface area contributed by atoms with Crippen molar-refractivity contribution in [2.75, 3.05) is 47.8 Å². The number of carboxylic acid groups (broad SMARTS) is 1. The van der Waals surface area contributed by atoms with Crippen LogP contribution in [-0.4, -0.2) is 172 Å². The molecule has 0 fully saturated rings. The predicted molar refractivity (Wildman–Crippen MR) is 513 cm³/mol. The number of likely N-dealkylation sites (N-methyl/N-ethyl adjacent to an activating group) is 1. The van der Waals surface area contributed by atoms with Crippen LogP contribution >= 0.6 is 86.9 Å². The number of carboxylic acids is 1. The lowest BCUT2D eigenvalue weighted by molar-refractivity contribution is -0.193. The molecule has 12 aromatic rings. The number of hydrogen-bond acceptors (Lipinski definition) is 33. The summed E-state index contributed by atoms with van der Waals surface area (Å²) in [4.78, 5) is 170. The van der Waals surface area contributed by atoms with Crippen molar-refractivity contribution in [3.05, 3.63) is 288 Å². The summed E-state index contributed by atoms with van der Waals surface area (Å²) >= 11 is 25.9. The first kappa shape index (κ1) is 122. The molecule has 6 amide bonds. The van der Waals surface area contributed by atoms with Gasteiger partial charge in [0.2, 0.25) is 0 Å². The third-order valence-corrected chi connectivity index (χ3v) is 20.1. The number of aromatic nitrogens is 5. The number of benzene rings is 7. The van der Waals surface area contributed by atoms with Crippen LogP contribution in [0.25, 0.3) is 0 Å². The van der Waals surface area contributed by atoms with E-state index in [-0.39, 0.29) is 104 Å². The number of nitrogens with zero attached hydrogens (tertiary/aromatic N) is 7. The molecule has 5 heterocycles. The first-order valence-corrected chi connectivity index (χ1v) is 44.8. The van der Waals surface area contributed by atoms with E-state index in [0.29, 0.717) is 143 Å². The van der Waals surface area contributed by atoms with E-state index in [1.54, 1.807) is 187 Å². The van der Waals surface area contributed by atoms with Crippen LogP contribution in [0.3, 0.4) is 0 Å². The van der Waals surface area contributed by atoms with Gasteiger partial charge in [0, 0.05) is 123 Å². The Morgan fingerprint density at radius 2 is 0.787 bits per heavy atom. The maximum Gasteiger partial charge on any atom is 0.373 e. The van der Waals surface area contributed by atoms with Gasteiger partial charge >= 0.3 is 36.7 Å². The molecule has 0 atom stereocenters. The molecule has 0 aliphatic rings. The Bertz CT molecular complexity index is 6190. The van der Waals surface area contributed by atoms with Gasteiger partial charge in [-0.25, -0.2) is 0 Å². The Labute approximate surface area is 850 Å². The molecule has 6 N–H and O–H groups in total. The predicted octanol–water partition coefficient (Wildman–Crippen LogP) is 17.0. The molecule has 40 nitrogen and oxygen atoms in total. The summed E-state index contributed by atoms with van der Waals surface area (Å²) in [5.74, 6) is 5.60. The molecular weight excluding hydrogens is 2150 g/mol. The van der Waals surface area contributed by atoms with Crippen molar-refractivity contribution in [2.45, 2.75) is 115 Å². The molecule has 0 saturated carbocycles. The number of aliphatic carboxylic acids is 1. The number of phenolic OH excluding ortho intramolecular Hbond substituents is 1. The lowest BCUT2D eigenvalue weighted by Gasteiger charge is -2.19. The number of aromatic hydroxyl groups is 1. The lowest BCUT2D eigenvalue weighted by atomic mass is 10.0. The van der Waals surface area contributed by atoms with E-state index in [4.69, 9.17) is 123 Å². The highest BCUT2D eigenvalue weighted by atomic mass is 79.9. The van der Waals surface area contributed by atoms with Crippen LogP contribution in [-0.2, 0) is 79.2 Å². The quantitative estimate of drug-likeness (QED) is 0.0265. The summed E-state index contributed by atoms with van der Waals surface area (Å²) in [5, 5.41) is 45.3. The molecular formula is C95H95Br4Cl2N11O29. The maximum atomic E-state index is 12.3. The summed E-state index contributed by atoms with van der Waals surface area (Å²) in [6.07, 6.45) is 4.50. The highest BCUT2D eigenvalue weighted by Crippen LogP contribution is 2.38. The number of phenols is 1. The molecule has 0 radical (unpaired) electrons. The average Bonchev–Trinajstić information content (AvgIpc) is 1.71. The average molecular weight is 2250 g/mol. The van der Waals surface area contributed by atoms with Crippen LogP contribution in [0.5, 0.6) is 51.7 Å². The fraction of sp³-hybridized carbons (Fsp3) is 0.253. The Balaban J connectivity index is 0.000000556. The van der Waals surface area contributed by atoms with E-state index in [0.717, 1.165) is 47.3 Å². The largest absolute Gasteiger partial charge is 0.508 e. The molecule has 12 rings (SSSR count). The third-order valence-electron chi connectivity index (χ3n) is 17.0. The minimum Gasteiger partial charge on any atom is -0.508 e. The number of amides is 6. The number of hydrogen-bond donors (Lipinski definition) is 6. The van der Waals surface area contributed by atoms with Crippen LogP contribution < -0.4 is 49.7 Å². The van der Waals surface area contributed by atoms with Gasteiger partial charge in [-0.3, -0.25) is 38.5 Å². The Morgan fingerprint density at radius 1 is 0.433 bits per heavy atom. The van der Waals surface area contributed by atoms with Gasteiger partial charge in [0.1, 0.15) is 84.7 Å². The number of rotatable bonds is 28. The van der Waals surface area contributed by atoms with Crippen molar-refractivity contribution in [1.82, 2.24) is 56.7 Å². The van der Waals surface area contributed by atoms with E-state index in [9.17, 15) is 38.7 Å². The highest BCUT2D eigenvalue weighted by Gasteiger charge is 2.22. The molecule has 0 bridgehead atoms. The summed E-state index contributed by atoms with van der Waals surface area (Å²) in [6, 6.07) is 44.5. The van der Waals surface area contributed by atoms with Crippen molar-refractivity contribution in [1.29, 1.82) is 0 Å². The highest BCUT2D eigenvalue weighted by molar-refractivity contribution is 9.11. The van der Waals surface area contributed by atoms with Gasteiger partial charge in [0.15, 0.2) is 23.0 Å².